The maximum Gasteiger partial charge on any atom is 0.335 e. The van der Waals surface area contributed by atoms with E-state index in [9.17, 15) is 29.6 Å². The summed E-state index contributed by atoms with van der Waals surface area (Å²) in [6.07, 6.45) is 0. The first-order valence-electron chi connectivity index (χ1n) is 11.7. The minimum Gasteiger partial charge on any atom is -0.478 e. The van der Waals surface area contributed by atoms with Gasteiger partial charge in [-0.25, -0.2) is 4.79 Å². The number of aromatic carboxylic acids is 1. The summed E-state index contributed by atoms with van der Waals surface area (Å²) in [7, 11) is 0. The van der Waals surface area contributed by atoms with Crippen LogP contribution in [0.3, 0.4) is 0 Å². The molecule has 0 aliphatic carbocycles. The van der Waals surface area contributed by atoms with Crippen LogP contribution in [0, 0.1) is 17.0 Å². The van der Waals surface area contributed by atoms with E-state index in [2.05, 4.69) is 10.6 Å². The lowest BCUT2D eigenvalue weighted by Gasteiger charge is -2.18. The summed E-state index contributed by atoms with van der Waals surface area (Å²) in [5.41, 5.74) is 2.69. The highest BCUT2D eigenvalue weighted by Gasteiger charge is 2.23. The van der Waals surface area contributed by atoms with E-state index < -0.39 is 22.0 Å². The molecule has 4 aromatic carbocycles. The smallest absolute Gasteiger partial charge is 0.335 e. The second kappa shape index (κ2) is 12.1. The Kier molecular flexibility index (Phi) is 8.37. The number of carbonyl (C=O) groups is 3. The van der Waals surface area contributed by atoms with Crippen molar-refractivity contribution in [2.45, 2.75) is 17.1 Å². The number of benzene rings is 4. The molecule has 0 aromatic heterocycles. The van der Waals surface area contributed by atoms with Gasteiger partial charge in [0, 0.05) is 34.0 Å². The number of hydrogen-bond donors (Lipinski definition) is 3. The Morgan fingerprint density at radius 2 is 1.49 bits per heavy atom. The number of hydrogen-bond acceptors (Lipinski definition) is 6. The van der Waals surface area contributed by atoms with Gasteiger partial charge in [0.05, 0.1) is 10.5 Å². The number of nitro groups is 1. The van der Waals surface area contributed by atoms with Crippen LogP contribution in [-0.2, 0) is 4.79 Å². The number of thioether (sulfide) groups is 1. The first-order valence-corrected chi connectivity index (χ1v) is 12.6. The van der Waals surface area contributed by atoms with Crippen LogP contribution in [0.15, 0.2) is 102 Å². The molecule has 10 heteroatoms. The van der Waals surface area contributed by atoms with Crippen molar-refractivity contribution in [2.75, 3.05) is 10.6 Å². The summed E-state index contributed by atoms with van der Waals surface area (Å²) in [5, 5.41) is 25.1. The van der Waals surface area contributed by atoms with Crippen molar-refractivity contribution in [3.63, 3.8) is 0 Å². The zero-order chi connectivity index (χ0) is 27.9. The Hall–Kier alpha value is -4.96. The van der Waals surface area contributed by atoms with Crippen molar-refractivity contribution in [1.29, 1.82) is 0 Å². The fraction of sp³-hybridized carbons (Fsp3) is 0.0690. The average molecular weight is 542 g/mol. The SMILES string of the molecule is Cc1ccc(C(=O)O)cc1NC(=O)C(Sc1ccc(NC(=O)c2ccc([N+](=O)[O-])cc2)cc1)c1ccccc1. The van der Waals surface area contributed by atoms with E-state index in [1.165, 1.54) is 48.2 Å². The molecular formula is C29H23N3O6S. The minimum atomic E-state index is -1.08. The number of carboxylic acids is 1. The monoisotopic (exact) mass is 541 g/mol. The molecule has 0 saturated heterocycles. The molecular weight excluding hydrogens is 518 g/mol. The van der Waals surface area contributed by atoms with Gasteiger partial charge in [0.25, 0.3) is 11.6 Å². The Bertz CT molecular complexity index is 1520. The molecule has 1 atom stereocenters. The summed E-state index contributed by atoms with van der Waals surface area (Å²) in [5.74, 6) is -1.81. The molecule has 196 valence electrons. The van der Waals surface area contributed by atoms with E-state index >= 15 is 0 Å². The Balaban J connectivity index is 1.49. The lowest BCUT2D eigenvalue weighted by atomic mass is 10.1. The van der Waals surface area contributed by atoms with Gasteiger partial charge < -0.3 is 15.7 Å². The Labute approximate surface area is 228 Å². The summed E-state index contributed by atoms with van der Waals surface area (Å²) < 4.78 is 0. The first kappa shape index (κ1) is 27.1. The molecule has 0 saturated carbocycles. The number of non-ortho nitro benzene ring substituents is 1. The van der Waals surface area contributed by atoms with Crippen molar-refractivity contribution < 1.29 is 24.4 Å². The molecule has 1 unspecified atom stereocenters. The molecule has 0 spiro atoms. The van der Waals surface area contributed by atoms with Crippen LogP contribution in [0.2, 0.25) is 0 Å². The molecule has 2 amide bonds. The van der Waals surface area contributed by atoms with Gasteiger partial charge in [-0.1, -0.05) is 36.4 Å². The number of amides is 2. The lowest BCUT2D eigenvalue weighted by molar-refractivity contribution is -0.384. The molecule has 9 nitrogen and oxygen atoms in total. The largest absolute Gasteiger partial charge is 0.478 e. The zero-order valence-electron chi connectivity index (χ0n) is 20.7. The van der Waals surface area contributed by atoms with Crippen LogP contribution < -0.4 is 10.6 Å². The number of aryl methyl sites for hydroxylation is 1. The summed E-state index contributed by atoms with van der Waals surface area (Å²) in [6.45, 7) is 1.79. The Morgan fingerprint density at radius 1 is 0.846 bits per heavy atom. The lowest BCUT2D eigenvalue weighted by Crippen LogP contribution is -2.20. The highest BCUT2D eigenvalue weighted by Crippen LogP contribution is 2.37. The number of nitrogens with zero attached hydrogens (tertiary/aromatic N) is 1. The highest BCUT2D eigenvalue weighted by molar-refractivity contribution is 8.00. The number of nitro benzene ring substituents is 1. The third-order valence-electron chi connectivity index (χ3n) is 5.79. The van der Waals surface area contributed by atoms with Crippen LogP contribution in [0.5, 0.6) is 0 Å². The minimum absolute atomic E-state index is 0.0752. The van der Waals surface area contributed by atoms with Crippen molar-refractivity contribution in [1.82, 2.24) is 0 Å². The van der Waals surface area contributed by atoms with Crippen LogP contribution in [0.4, 0.5) is 17.1 Å². The predicted molar refractivity (Wildman–Crippen MR) is 149 cm³/mol. The third-order valence-corrected chi connectivity index (χ3v) is 7.06. The fourth-order valence-electron chi connectivity index (χ4n) is 3.68. The average Bonchev–Trinajstić information content (AvgIpc) is 2.94. The Morgan fingerprint density at radius 3 is 2.10 bits per heavy atom. The van der Waals surface area contributed by atoms with E-state index in [0.29, 0.717) is 11.4 Å². The van der Waals surface area contributed by atoms with Crippen molar-refractivity contribution in [2.24, 2.45) is 0 Å². The number of nitrogens with one attached hydrogen (secondary N) is 2. The van der Waals surface area contributed by atoms with E-state index in [1.54, 1.807) is 37.3 Å². The second-order valence-corrected chi connectivity index (χ2v) is 9.69. The zero-order valence-corrected chi connectivity index (χ0v) is 21.5. The van der Waals surface area contributed by atoms with Crippen molar-refractivity contribution in [3.8, 4) is 0 Å². The molecule has 0 aliphatic heterocycles. The second-order valence-electron chi connectivity index (χ2n) is 8.52. The van der Waals surface area contributed by atoms with Gasteiger partial charge in [-0.15, -0.1) is 11.8 Å². The van der Waals surface area contributed by atoms with Crippen molar-refractivity contribution in [3.05, 3.63) is 129 Å². The standard InChI is InChI=1S/C29H23N3O6S/c1-18-7-8-21(29(35)36)17-25(18)31-28(34)26(19-5-3-2-4-6-19)39-24-15-11-22(12-16-24)30-27(33)20-9-13-23(14-10-20)32(37)38/h2-17,26H,1H3,(H,30,33)(H,31,34)(H,35,36). The van der Waals surface area contributed by atoms with E-state index in [1.807, 2.05) is 30.3 Å². The molecule has 0 bridgehead atoms. The van der Waals surface area contributed by atoms with E-state index in [-0.39, 0.29) is 22.7 Å². The highest BCUT2D eigenvalue weighted by atomic mass is 32.2. The van der Waals surface area contributed by atoms with Crippen LogP contribution in [0.25, 0.3) is 0 Å². The van der Waals surface area contributed by atoms with Gasteiger partial charge in [0.1, 0.15) is 5.25 Å². The number of carbonyl (C=O) groups excluding carboxylic acids is 2. The van der Waals surface area contributed by atoms with E-state index in [0.717, 1.165) is 16.0 Å². The summed E-state index contributed by atoms with van der Waals surface area (Å²) in [6, 6.07) is 26.0. The summed E-state index contributed by atoms with van der Waals surface area (Å²) in [4.78, 5) is 48.4. The van der Waals surface area contributed by atoms with Crippen LogP contribution in [-0.4, -0.2) is 27.8 Å². The topological polar surface area (TPSA) is 139 Å². The van der Waals surface area contributed by atoms with Gasteiger partial charge in [-0.2, -0.15) is 0 Å². The fourth-order valence-corrected chi connectivity index (χ4v) is 4.70. The van der Waals surface area contributed by atoms with Crippen LogP contribution >= 0.6 is 11.8 Å². The molecule has 0 fully saturated rings. The predicted octanol–water partition coefficient (Wildman–Crippen LogP) is 6.33. The normalized spacial score (nSPS) is 11.3. The third kappa shape index (κ3) is 6.88. The van der Waals surface area contributed by atoms with Crippen LogP contribution in [0.1, 0.15) is 37.1 Å². The van der Waals surface area contributed by atoms with E-state index in [4.69, 9.17) is 0 Å². The molecule has 0 heterocycles. The number of rotatable bonds is 9. The van der Waals surface area contributed by atoms with Crippen molar-refractivity contribution >= 4 is 46.6 Å². The number of carboxylic acid groups (broad SMARTS) is 1. The van der Waals surface area contributed by atoms with Gasteiger partial charge in [0.2, 0.25) is 5.91 Å². The molecule has 0 radical (unpaired) electrons. The molecule has 0 aliphatic rings. The molecule has 3 N–H and O–H groups in total. The molecule has 39 heavy (non-hydrogen) atoms. The van der Waals surface area contributed by atoms with Gasteiger partial charge in [-0.3, -0.25) is 19.7 Å². The van der Waals surface area contributed by atoms with Gasteiger partial charge >= 0.3 is 5.97 Å². The molecule has 4 aromatic rings. The summed E-state index contributed by atoms with van der Waals surface area (Å²) >= 11 is 1.31. The first-order chi connectivity index (χ1) is 18.7. The van der Waals surface area contributed by atoms with Gasteiger partial charge in [0.15, 0.2) is 0 Å². The maximum atomic E-state index is 13.4. The quantitative estimate of drug-likeness (QED) is 0.128. The number of anilines is 2. The van der Waals surface area contributed by atoms with Gasteiger partial charge in [-0.05, 0) is 66.6 Å². The molecule has 4 rings (SSSR count). The maximum absolute atomic E-state index is 13.4.